The molecule has 2 rings (SSSR count). The van der Waals surface area contributed by atoms with Crippen LogP contribution in [0.25, 0.3) is 0 Å². The van der Waals surface area contributed by atoms with E-state index in [1.54, 1.807) is 0 Å². The van der Waals surface area contributed by atoms with Gasteiger partial charge < -0.3 is 9.47 Å². The number of esters is 1. The quantitative estimate of drug-likeness (QED) is 0.372. The number of epoxide rings is 1. The predicted molar refractivity (Wildman–Crippen MR) is 43.3 cm³/mol. The Morgan fingerprint density at radius 2 is 2.42 bits per heavy atom. The third-order valence-corrected chi connectivity index (χ3v) is 3.56. The van der Waals surface area contributed by atoms with Gasteiger partial charge in [0.05, 0.1) is 12.5 Å². The van der Waals surface area contributed by atoms with Gasteiger partial charge in [-0.1, -0.05) is 11.6 Å². The molecule has 0 aromatic carbocycles. The molecular formula is C7H8Cl2O3. The summed E-state index contributed by atoms with van der Waals surface area (Å²) in [6.45, 7) is 0. The van der Waals surface area contributed by atoms with Gasteiger partial charge in [0.15, 0.2) is 5.06 Å². The molecule has 0 radical (unpaired) electrons. The minimum absolute atomic E-state index is 0.359. The number of alkyl halides is 2. The molecule has 0 aromatic heterocycles. The summed E-state index contributed by atoms with van der Waals surface area (Å²) in [5.41, 5.74) is -1.06. The zero-order valence-corrected chi connectivity index (χ0v) is 7.98. The molecule has 1 saturated carbocycles. The van der Waals surface area contributed by atoms with Crippen molar-refractivity contribution in [2.45, 2.75) is 28.9 Å². The molecule has 3 nitrogen and oxygen atoms in total. The Balaban J connectivity index is 2.28. The van der Waals surface area contributed by atoms with Crippen molar-refractivity contribution in [2.75, 3.05) is 7.11 Å². The second-order valence-corrected chi connectivity index (χ2v) is 4.20. The average Bonchev–Trinajstić information content (AvgIpc) is 2.61. The van der Waals surface area contributed by atoms with Crippen LogP contribution < -0.4 is 0 Å². The Kier molecular flexibility index (Phi) is 1.63. The fraction of sp³-hybridized carbons (Fsp3) is 0.857. The van der Waals surface area contributed by atoms with Crippen LogP contribution in [0, 0.1) is 0 Å². The molecule has 3 atom stereocenters. The van der Waals surface area contributed by atoms with Gasteiger partial charge in [-0.3, -0.25) is 0 Å². The largest absolute Gasteiger partial charge is 0.467 e. The van der Waals surface area contributed by atoms with E-state index in [0.29, 0.717) is 12.8 Å². The SMILES string of the molecule is COC(=O)[C@@]12O[C@]1(Cl)CC[C@@H]2Cl. The van der Waals surface area contributed by atoms with Crippen LogP contribution in [0.5, 0.6) is 0 Å². The van der Waals surface area contributed by atoms with Gasteiger partial charge in [-0.05, 0) is 12.8 Å². The summed E-state index contributed by atoms with van der Waals surface area (Å²) in [6.07, 6.45) is 1.30. The summed E-state index contributed by atoms with van der Waals surface area (Å²) in [5.74, 6) is -0.463. The van der Waals surface area contributed by atoms with Crippen LogP contribution in [0.1, 0.15) is 12.8 Å². The second-order valence-electron chi connectivity index (χ2n) is 3.06. The molecule has 0 aromatic rings. The van der Waals surface area contributed by atoms with Crippen molar-refractivity contribution in [1.29, 1.82) is 0 Å². The number of fused-ring (bicyclic) bond motifs is 1. The standard InChI is InChI=1S/C7H8Cl2O3/c1-11-5(10)7-4(8)2-3-6(7,9)12-7/h4H,2-3H2,1H3/t4-,6+,7+/m0/s1. The summed E-state index contributed by atoms with van der Waals surface area (Å²) in [4.78, 5) is 11.3. The maximum absolute atomic E-state index is 11.3. The minimum Gasteiger partial charge on any atom is -0.467 e. The molecule has 2 aliphatic rings. The van der Waals surface area contributed by atoms with E-state index in [4.69, 9.17) is 27.9 Å². The number of carbonyl (C=O) groups is 1. The van der Waals surface area contributed by atoms with Crippen molar-refractivity contribution in [3.8, 4) is 0 Å². The van der Waals surface area contributed by atoms with Crippen LogP contribution in [0.3, 0.4) is 0 Å². The van der Waals surface area contributed by atoms with Crippen LogP contribution in [0.2, 0.25) is 0 Å². The third-order valence-electron chi connectivity index (χ3n) is 2.48. The highest BCUT2D eigenvalue weighted by atomic mass is 35.5. The number of rotatable bonds is 1. The average molecular weight is 211 g/mol. The van der Waals surface area contributed by atoms with Crippen molar-refractivity contribution >= 4 is 29.2 Å². The minimum atomic E-state index is -1.06. The molecule has 0 bridgehead atoms. The molecule has 2 fully saturated rings. The highest BCUT2D eigenvalue weighted by Gasteiger charge is 2.81. The van der Waals surface area contributed by atoms with Crippen molar-refractivity contribution < 1.29 is 14.3 Å². The second kappa shape index (κ2) is 2.28. The van der Waals surface area contributed by atoms with E-state index in [9.17, 15) is 4.79 Å². The fourth-order valence-electron chi connectivity index (χ4n) is 1.75. The lowest BCUT2D eigenvalue weighted by Crippen LogP contribution is -2.35. The summed E-state index contributed by atoms with van der Waals surface area (Å²) >= 11 is 11.9. The molecule has 0 N–H and O–H groups in total. The summed E-state index contributed by atoms with van der Waals surface area (Å²) in [5, 5.41) is -1.24. The number of methoxy groups -OCH3 is 1. The molecule has 12 heavy (non-hydrogen) atoms. The van der Waals surface area contributed by atoms with E-state index in [-0.39, 0.29) is 5.38 Å². The zero-order chi connectivity index (χ0) is 8.98. The Labute approximate surface area is 79.9 Å². The van der Waals surface area contributed by atoms with Gasteiger partial charge in [0.1, 0.15) is 0 Å². The number of hydrogen-bond donors (Lipinski definition) is 0. The van der Waals surface area contributed by atoms with Crippen molar-refractivity contribution in [3.05, 3.63) is 0 Å². The number of carbonyl (C=O) groups excluding carboxylic acids is 1. The number of hydrogen-bond acceptors (Lipinski definition) is 3. The Hall–Kier alpha value is 0.01000. The Bertz CT molecular complexity index is 245. The number of ether oxygens (including phenoxy) is 2. The van der Waals surface area contributed by atoms with E-state index in [2.05, 4.69) is 4.74 Å². The monoisotopic (exact) mass is 210 g/mol. The van der Waals surface area contributed by atoms with E-state index in [0.717, 1.165) is 0 Å². The molecule has 1 heterocycles. The summed E-state index contributed by atoms with van der Waals surface area (Å²) in [6, 6.07) is 0. The molecule has 68 valence electrons. The van der Waals surface area contributed by atoms with Gasteiger partial charge in [-0.15, -0.1) is 11.6 Å². The number of halogens is 2. The van der Waals surface area contributed by atoms with Gasteiger partial charge in [0, 0.05) is 0 Å². The van der Waals surface area contributed by atoms with Gasteiger partial charge in [0.2, 0.25) is 5.60 Å². The molecule has 0 unspecified atom stereocenters. The van der Waals surface area contributed by atoms with E-state index < -0.39 is 16.6 Å². The van der Waals surface area contributed by atoms with E-state index in [1.165, 1.54) is 7.11 Å². The first kappa shape index (κ1) is 8.60. The van der Waals surface area contributed by atoms with E-state index in [1.807, 2.05) is 0 Å². The van der Waals surface area contributed by atoms with Crippen LogP contribution in [-0.2, 0) is 14.3 Å². The first-order valence-electron chi connectivity index (χ1n) is 3.68. The van der Waals surface area contributed by atoms with Crippen molar-refractivity contribution in [1.82, 2.24) is 0 Å². The lowest BCUT2D eigenvalue weighted by molar-refractivity contribution is -0.146. The summed E-state index contributed by atoms with van der Waals surface area (Å²) in [7, 11) is 1.30. The van der Waals surface area contributed by atoms with Crippen LogP contribution in [0.4, 0.5) is 0 Å². The molecule has 0 spiro atoms. The van der Waals surface area contributed by atoms with E-state index >= 15 is 0 Å². The smallest absolute Gasteiger partial charge is 0.344 e. The first-order chi connectivity index (χ1) is 5.57. The van der Waals surface area contributed by atoms with Gasteiger partial charge >= 0.3 is 5.97 Å². The molecular weight excluding hydrogens is 203 g/mol. The normalized spacial score (nSPS) is 50.1. The molecule has 1 aliphatic heterocycles. The topological polar surface area (TPSA) is 38.8 Å². The van der Waals surface area contributed by atoms with Gasteiger partial charge in [0.25, 0.3) is 0 Å². The molecule has 1 saturated heterocycles. The van der Waals surface area contributed by atoms with Crippen LogP contribution >= 0.6 is 23.2 Å². The van der Waals surface area contributed by atoms with Gasteiger partial charge in [-0.2, -0.15) is 0 Å². The highest BCUT2D eigenvalue weighted by Crippen LogP contribution is 2.64. The maximum atomic E-state index is 11.3. The van der Waals surface area contributed by atoms with Crippen LogP contribution in [-0.4, -0.2) is 29.1 Å². The lowest BCUT2D eigenvalue weighted by Gasteiger charge is -2.10. The van der Waals surface area contributed by atoms with Crippen molar-refractivity contribution in [2.24, 2.45) is 0 Å². The highest BCUT2D eigenvalue weighted by molar-refractivity contribution is 6.33. The Morgan fingerprint density at radius 1 is 1.75 bits per heavy atom. The fourth-order valence-corrected chi connectivity index (χ4v) is 2.67. The lowest BCUT2D eigenvalue weighted by atomic mass is 10.1. The first-order valence-corrected chi connectivity index (χ1v) is 4.50. The predicted octanol–water partition coefficient (Wildman–Crippen LogP) is 1.26. The zero-order valence-electron chi connectivity index (χ0n) is 6.47. The van der Waals surface area contributed by atoms with Crippen LogP contribution in [0.15, 0.2) is 0 Å². The molecule has 5 heteroatoms. The van der Waals surface area contributed by atoms with Gasteiger partial charge in [-0.25, -0.2) is 4.79 Å². The molecule has 1 aliphatic carbocycles. The van der Waals surface area contributed by atoms with Crippen molar-refractivity contribution in [3.63, 3.8) is 0 Å². The summed E-state index contributed by atoms with van der Waals surface area (Å²) < 4.78 is 9.73. The maximum Gasteiger partial charge on any atom is 0.344 e. The Morgan fingerprint density at radius 3 is 2.75 bits per heavy atom. The molecule has 0 amide bonds. The third kappa shape index (κ3) is 0.746.